The van der Waals surface area contributed by atoms with Crippen molar-refractivity contribution < 1.29 is 14.0 Å². The normalized spacial score (nSPS) is 10.2. The Kier molecular flexibility index (Phi) is 2.70. The van der Waals surface area contributed by atoms with Gasteiger partial charge in [-0.25, -0.2) is 9.07 Å². The molecule has 1 aromatic carbocycles. The van der Waals surface area contributed by atoms with Gasteiger partial charge in [0.05, 0.1) is 17.3 Å². The van der Waals surface area contributed by atoms with Crippen molar-refractivity contribution in [1.29, 1.82) is 0 Å². The Morgan fingerprint density at radius 3 is 2.82 bits per heavy atom. The van der Waals surface area contributed by atoms with Crippen molar-refractivity contribution in [2.75, 3.05) is 0 Å². The molecule has 0 unspecified atom stereocenters. The highest BCUT2D eigenvalue weighted by Gasteiger charge is 2.15. The molecule has 0 aliphatic heterocycles. The lowest BCUT2D eigenvalue weighted by Crippen LogP contribution is -2.16. The lowest BCUT2D eigenvalue weighted by atomic mass is 10.1. The highest BCUT2D eigenvalue weighted by Crippen LogP contribution is 2.18. The van der Waals surface area contributed by atoms with Gasteiger partial charge in [-0.1, -0.05) is 6.07 Å². The summed E-state index contributed by atoms with van der Waals surface area (Å²) in [5.41, 5.74) is 5.37. The summed E-state index contributed by atoms with van der Waals surface area (Å²) in [5.74, 6) is -1.40. The van der Waals surface area contributed by atoms with Gasteiger partial charge >= 0.3 is 0 Å². The number of rotatable bonds is 3. The van der Waals surface area contributed by atoms with E-state index in [1.54, 1.807) is 0 Å². The van der Waals surface area contributed by atoms with Crippen molar-refractivity contribution in [3.05, 3.63) is 47.5 Å². The molecule has 0 aliphatic carbocycles. The van der Waals surface area contributed by atoms with Crippen molar-refractivity contribution in [3.8, 4) is 5.69 Å². The van der Waals surface area contributed by atoms with E-state index in [0.29, 0.717) is 6.29 Å². The van der Waals surface area contributed by atoms with Crippen molar-refractivity contribution in [1.82, 2.24) is 9.78 Å². The first-order valence-electron chi connectivity index (χ1n) is 4.72. The summed E-state index contributed by atoms with van der Waals surface area (Å²) in [4.78, 5) is 21.7. The van der Waals surface area contributed by atoms with Gasteiger partial charge in [0.25, 0.3) is 5.91 Å². The van der Waals surface area contributed by atoms with Gasteiger partial charge in [0, 0.05) is 6.20 Å². The van der Waals surface area contributed by atoms with Crippen LogP contribution >= 0.6 is 0 Å². The molecule has 86 valence electrons. The number of hydrogen-bond acceptors (Lipinski definition) is 3. The predicted octanol–water partition coefficient (Wildman–Crippen LogP) is 0.923. The lowest BCUT2D eigenvalue weighted by molar-refractivity contribution is 0.0999. The maximum Gasteiger partial charge on any atom is 0.251 e. The Morgan fingerprint density at radius 2 is 2.24 bits per heavy atom. The van der Waals surface area contributed by atoms with Gasteiger partial charge in [0.15, 0.2) is 6.29 Å². The van der Waals surface area contributed by atoms with E-state index in [0.717, 1.165) is 4.68 Å². The zero-order valence-electron chi connectivity index (χ0n) is 8.63. The quantitative estimate of drug-likeness (QED) is 0.801. The zero-order valence-corrected chi connectivity index (χ0v) is 8.63. The van der Waals surface area contributed by atoms with Gasteiger partial charge < -0.3 is 5.73 Å². The van der Waals surface area contributed by atoms with E-state index >= 15 is 0 Å². The molecule has 1 amide bonds. The summed E-state index contributed by atoms with van der Waals surface area (Å²) < 4.78 is 14.8. The molecule has 0 fully saturated rings. The predicted molar refractivity (Wildman–Crippen MR) is 57.4 cm³/mol. The number of primary amides is 1. The topological polar surface area (TPSA) is 78.0 Å². The number of benzene rings is 1. The van der Waals surface area contributed by atoms with Crippen LogP contribution in [0, 0.1) is 5.82 Å². The second-order valence-corrected chi connectivity index (χ2v) is 3.34. The molecule has 0 atom stereocenters. The Morgan fingerprint density at radius 1 is 1.47 bits per heavy atom. The number of nitrogens with two attached hydrogens (primary N) is 1. The van der Waals surface area contributed by atoms with Crippen LogP contribution in [0.3, 0.4) is 0 Å². The molecular formula is C11H8FN3O2. The monoisotopic (exact) mass is 233 g/mol. The third kappa shape index (κ3) is 1.92. The van der Waals surface area contributed by atoms with Crippen LogP contribution in [0.4, 0.5) is 4.39 Å². The van der Waals surface area contributed by atoms with Crippen molar-refractivity contribution in [3.63, 3.8) is 0 Å². The van der Waals surface area contributed by atoms with Gasteiger partial charge in [-0.15, -0.1) is 0 Å². The summed E-state index contributed by atoms with van der Waals surface area (Å²) >= 11 is 0. The van der Waals surface area contributed by atoms with Crippen LogP contribution in [-0.4, -0.2) is 22.0 Å². The molecule has 6 heteroatoms. The van der Waals surface area contributed by atoms with Crippen LogP contribution in [0.25, 0.3) is 5.69 Å². The Labute approximate surface area is 95.7 Å². The number of carbonyl (C=O) groups excluding carboxylic acids is 2. The summed E-state index contributed by atoms with van der Waals surface area (Å²) in [5, 5.41) is 3.80. The number of para-hydroxylation sites is 1. The fourth-order valence-corrected chi connectivity index (χ4v) is 1.47. The third-order valence-corrected chi connectivity index (χ3v) is 2.22. The molecule has 17 heavy (non-hydrogen) atoms. The SMILES string of the molecule is NC(=O)c1cccc(F)c1-n1cc(C=O)cn1. The molecule has 0 saturated carbocycles. The van der Waals surface area contributed by atoms with Crippen LogP contribution in [-0.2, 0) is 0 Å². The molecule has 0 saturated heterocycles. The standard InChI is InChI=1S/C11H8FN3O2/c12-9-3-1-2-8(11(13)17)10(9)15-5-7(6-16)4-14-15/h1-6H,(H2,13,17). The molecule has 0 radical (unpaired) electrons. The second kappa shape index (κ2) is 4.17. The molecule has 0 bridgehead atoms. The minimum atomic E-state index is -0.761. The van der Waals surface area contributed by atoms with E-state index in [1.807, 2.05) is 0 Å². The van der Waals surface area contributed by atoms with Crippen LogP contribution < -0.4 is 5.73 Å². The van der Waals surface area contributed by atoms with E-state index in [4.69, 9.17) is 5.73 Å². The molecule has 2 aromatic rings. The lowest BCUT2D eigenvalue weighted by Gasteiger charge is -2.07. The second-order valence-electron chi connectivity index (χ2n) is 3.34. The minimum absolute atomic E-state index is 0.00514. The molecule has 5 nitrogen and oxygen atoms in total. The van der Waals surface area contributed by atoms with Crippen LogP contribution in [0.1, 0.15) is 20.7 Å². The molecular weight excluding hydrogens is 225 g/mol. The van der Waals surface area contributed by atoms with Gasteiger partial charge in [-0.3, -0.25) is 9.59 Å². The molecule has 1 aromatic heterocycles. The van der Waals surface area contributed by atoms with E-state index in [9.17, 15) is 14.0 Å². The smallest absolute Gasteiger partial charge is 0.251 e. The van der Waals surface area contributed by atoms with E-state index in [2.05, 4.69) is 5.10 Å². The van der Waals surface area contributed by atoms with Crippen molar-refractivity contribution in [2.24, 2.45) is 5.73 Å². The average Bonchev–Trinajstić information content (AvgIpc) is 2.76. The highest BCUT2D eigenvalue weighted by atomic mass is 19.1. The Bertz CT molecular complexity index is 592. The molecule has 1 heterocycles. The summed E-state index contributed by atoms with van der Waals surface area (Å²) in [6.45, 7) is 0. The van der Waals surface area contributed by atoms with Gasteiger partial charge in [0.1, 0.15) is 11.5 Å². The summed E-state index contributed by atoms with van der Waals surface area (Å²) in [7, 11) is 0. The minimum Gasteiger partial charge on any atom is -0.366 e. The van der Waals surface area contributed by atoms with Crippen molar-refractivity contribution >= 4 is 12.2 Å². The first-order chi connectivity index (χ1) is 8.13. The van der Waals surface area contributed by atoms with Crippen LogP contribution in [0.2, 0.25) is 0 Å². The molecule has 0 aliphatic rings. The van der Waals surface area contributed by atoms with Crippen LogP contribution in [0.5, 0.6) is 0 Å². The Balaban J connectivity index is 2.64. The first-order valence-corrected chi connectivity index (χ1v) is 4.72. The summed E-state index contributed by atoms with van der Waals surface area (Å²) in [6.07, 6.45) is 3.16. The number of aromatic nitrogens is 2. The van der Waals surface area contributed by atoms with Gasteiger partial charge in [0.2, 0.25) is 0 Å². The van der Waals surface area contributed by atoms with Crippen LogP contribution in [0.15, 0.2) is 30.6 Å². The molecule has 0 spiro atoms. The number of amides is 1. The van der Waals surface area contributed by atoms with Gasteiger partial charge in [-0.05, 0) is 12.1 Å². The maximum absolute atomic E-state index is 13.7. The molecule has 2 N–H and O–H groups in total. The van der Waals surface area contributed by atoms with Gasteiger partial charge in [-0.2, -0.15) is 5.10 Å². The summed E-state index contributed by atoms with van der Waals surface area (Å²) in [6, 6.07) is 3.95. The zero-order chi connectivity index (χ0) is 12.4. The number of nitrogens with zero attached hydrogens (tertiary/aromatic N) is 2. The number of hydrogen-bond donors (Lipinski definition) is 1. The number of aldehydes is 1. The van der Waals surface area contributed by atoms with Crippen molar-refractivity contribution in [2.45, 2.75) is 0 Å². The van der Waals surface area contributed by atoms with E-state index in [1.165, 1.54) is 30.6 Å². The highest BCUT2D eigenvalue weighted by molar-refractivity contribution is 5.96. The van der Waals surface area contributed by atoms with E-state index < -0.39 is 11.7 Å². The largest absolute Gasteiger partial charge is 0.366 e. The van der Waals surface area contributed by atoms with E-state index in [-0.39, 0.29) is 16.8 Å². The number of halogens is 1. The first kappa shape index (κ1) is 11.0. The third-order valence-electron chi connectivity index (χ3n) is 2.22. The maximum atomic E-state index is 13.7. The fraction of sp³-hybridized carbons (Fsp3) is 0. The average molecular weight is 233 g/mol. The Hall–Kier alpha value is -2.50. The molecule has 2 rings (SSSR count). The fourth-order valence-electron chi connectivity index (χ4n) is 1.47. The number of carbonyl (C=O) groups is 2.